The molecule has 0 fully saturated rings. The van der Waals surface area contributed by atoms with Crippen molar-refractivity contribution in [2.24, 2.45) is 0 Å². The maximum atomic E-state index is 4.11. The summed E-state index contributed by atoms with van der Waals surface area (Å²) in [4.78, 5) is 0. The van der Waals surface area contributed by atoms with Crippen LogP contribution in [-0.2, 0) is 34.1 Å². The van der Waals surface area contributed by atoms with Gasteiger partial charge in [-0.1, -0.05) is 0 Å². The first-order chi connectivity index (χ1) is 12.9. The molecule has 0 heterocycles. The molecule has 1 aliphatic rings. The van der Waals surface area contributed by atoms with Crippen molar-refractivity contribution in [2.45, 2.75) is 0 Å². The zero-order valence-electron chi connectivity index (χ0n) is 15.5. The summed E-state index contributed by atoms with van der Waals surface area (Å²) < 4.78 is 0. The minimum Gasteiger partial charge on any atom is -0.214 e. The molecule has 4 aromatic rings. The van der Waals surface area contributed by atoms with E-state index in [0.717, 1.165) is 5.57 Å². The van der Waals surface area contributed by atoms with Gasteiger partial charge in [0.05, 0.1) is 0 Å². The Morgan fingerprint density at radius 3 is 1.39 bits per heavy atom. The Morgan fingerprint density at radius 1 is 0.571 bits per heavy atom. The van der Waals surface area contributed by atoms with Crippen molar-refractivity contribution >= 4 is 11.1 Å². The second-order valence-electron chi connectivity index (χ2n) is 5.92. The van der Waals surface area contributed by atoms with E-state index in [9.17, 15) is 0 Å². The van der Waals surface area contributed by atoms with Crippen LogP contribution in [0.5, 0.6) is 0 Å². The van der Waals surface area contributed by atoms with Crippen LogP contribution in [0.3, 0.4) is 0 Å². The van der Waals surface area contributed by atoms with Crippen molar-refractivity contribution < 1.29 is 34.1 Å². The Hall–Kier alpha value is -2.34. The first kappa shape index (κ1) is 23.7. The Balaban J connectivity index is 0.000000271. The van der Waals surface area contributed by atoms with E-state index in [-0.39, 0.29) is 34.1 Å². The molecule has 0 nitrogen and oxygen atoms in total. The number of hydrogen-bond acceptors (Lipinski definition) is 0. The van der Waals surface area contributed by atoms with Crippen LogP contribution < -0.4 is 0 Å². The molecule has 0 saturated carbocycles. The molecule has 0 bridgehead atoms. The van der Waals surface area contributed by atoms with Crippen LogP contribution in [0, 0.1) is 0 Å². The average Bonchev–Trinajstić information content (AvgIpc) is 3.51. The molecule has 0 aliphatic heterocycles. The fourth-order valence-corrected chi connectivity index (χ4v) is 2.84. The van der Waals surface area contributed by atoms with Crippen LogP contribution in [0.4, 0.5) is 0 Å². The molecule has 5 rings (SSSR count). The van der Waals surface area contributed by atoms with Gasteiger partial charge in [-0.2, -0.15) is 77.9 Å². The molecule has 0 spiro atoms. The molecule has 0 amide bonds. The largest absolute Gasteiger partial charge is 2.00 e. The summed E-state index contributed by atoms with van der Waals surface area (Å²) in [6.07, 6.45) is 4.24. The van der Waals surface area contributed by atoms with E-state index in [1.807, 2.05) is 60.7 Å². The molecule has 0 unspecified atom stereocenters. The fraction of sp³-hybridized carbons (Fsp3) is 0. The number of hydrogen-bond donors (Lipinski definition) is 0. The second-order valence-corrected chi connectivity index (χ2v) is 5.92. The second kappa shape index (κ2) is 12.9. The normalized spacial score (nSPS) is 11.5. The van der Waals surface area contributed by atoms with Gasteiger partial charge in [0.25, 0.3) is 0 Å². The average molecular weight is 446 g/mol. The van der Waals surface area contributed by atoms with Gasteiger partial charge in [0.2, 0.25) is 0 Å². The number of rotatable bonds is 2. The summed E-state index contributed by atoms with van der Waals surface area (Å²) in [6, 6.07) is 36.8. The predicted molar refractivity (Wildman–Crippen MR) is 113 cm³/mol. The van der Waals surface area contributed by atoms with Crippen LogP contribution in [0.15, 0.2) is 133 Å². The van der Waals surface area contributed by atoms with E-state index in [2.05, 4.69) is 67.3 Å². The topological polar surface area (TPSA) is 0 Å². The third kappa shape index (κ3) is 6.68. The van der Waals surface area contributed by atoms with E-state index in [1.165, 1.54) is 22.3 Å². The molecule has 0 saturated heterocycles. The molecule has 0 aromatic heterocycles. The molecule has 142 valence electrons. The molecular weight excluding hydrogens is 424 g/mol. The van der Waals surface area contributed by atoms with Crippen LogP contribution in [0.1, 0.15) is 11.1 Å². The predicted octanol–water partition coefficient (Wildman–Crippen LogP) is 6.97. The van der Waals surface area contributed by atoms with E-state index in [4.69, 9.17) is 0 Å². The monoisotopic (exact) mass is 446 g/mol. The molecule has 28 heavy (non-hydrogen) atoms. The Morgan fingerprint density at radius 2 is 1.00 bits per heavy atom. The van der Waals surface area contributed by atoms with Crippen molar-refractivity contribution in [1.82, 2.24) is 0 Å². The smallest absolute Gasteiger partial charge is 0.214 e. The first-order valence-electron chi connectivity index (χ1n) is 8.75. The van der Waals surface area contributed by atoms with Gasteiger partial charge in [-0.15, -0.1) is 53.6 Å². The molecule has 0 N–H and O–H groups in total. The molecule has 4 aromatic carbocycles. The Kier molecular flexibility index (Phi) is 11.0. The quantitative estimate of drug-likeness (QED) is 0.231. The van der Waals surface area contributed by atoms with E-state index < -0.39 is 0 Å². The van der Waals surface area contributed by atoms with Gasteiger partial charge in [0.1, 0.15) is 0 Å². The summed E-state index contributed by atoms with van der Waals surface area (Å²) in [5.41, 5.74) is 6.16. The standard InChI is InChI=1S/C16H12.2C5H5.2Fe/c1-12-10-11-15(13-6-2-3-7-13)16(12)14-8-4-5-9-14;2*1-2-4-5-3-1;;/h2-11H,1H2;2*1-5H;;/q-2;2*-1;2*+2. The maximum absolute atomic E-state index is 4.11. The van der Waals surface area contributed by atoms with Gasteiger partial charge in [0, 0.05) is 0 Å². The summed E-state index contributed by atoms with van der Waals surface area (Å²) in [5.74, 6) is 0. The zero-order chi connectivity index (χ0) is 18.0. The molecular formula is C26H22Fe2. The summed E-state index contributed by atoms with van der Waals surface area (Å²) in [7, 11) is 0. The van der Waals surface area contributed by atoms with E-state index >= 15 is 0 Å². The summed E-state index contributed by atoms with van der Waals surface area (Å²) >= 11 is 0. The van der Waals surface area contributed by atoms with E-state index in [0.29, 0.717) is 0 Å². The van der Waals surface area contributed by atoms with Gasteiger partial charge in [-0.05, 0) is 0 Å². The van der Waals surface area contributed by atoms with Crippen molar-refractivity contribution in [3.63, 3.8) is 0 Å². The number of allylic oxidation sites excluding steroid dienone is 5. The summed E-state index contributed by atoms with van der Waals surface area (Å²) in [6.45, 7) is 4.11. The first-order valence-corrected chi connectivity index (χ1v) is 8.75. The molecule has 2 heteroatoms. The Bertz CT molecular complexity index is 818. The maximum Gasteiger partial charge on any atom is 2.00 e. The van der Waals surface area contributed by atoms with Crippen LogP contribution >= 0.6 is 0 Å². The third-order valence-corrected chi connectivity index (χ3v) is 4.08. The molecule has 0 radical (unpaired) electrons. The fourth-order valence-electron chi connectivity index (χ4n) is 2.84. The van der Waals surface area contributed by atoms with Gasteiger partial charge >= 0.3 is 34.1 Å². The van der Waals surface area contributed by atoms with E-state index in [1.54, 1.807) is 0 Å². The van der Waals surface area contributed by atoms with Gasteiger partial charge in [0.15, 0.2) is 0 Å². The van der Waals surface area contributed by atoms with Gasteiger partial charge in [-0.3, -0.25) is 0 Å². The third-order valence-electron chi connectivity index (χ3n) is 4.08. The molecule has 0 atom stereocenters. The van der Waals surface area contributed by atoms with Gasteiger partial charge < -0.3 is 0 Å². The SMILES string of the molecule is C=C1C=CC([c-]2cccc2)=C1[c-]1cccc1.[Fe+2].[Fe+2].c1cc[cH-]c1.c1cc[cH-]c1. The van der Waals surface area contributed by atoms with Crippen molar-refractivity contribution in [1.29, 1.82) is 0 Å². The minimum absolute atomic E-state index is 0. The van der Waals surface area contributed by atoms with Crippen molar-refractivity contribution in [2.75, 3.05) is 0 Å². The zero-order valence-corrected chi connectivity index (χ0v) is 17.7. The summed E-state index contributed by atoms with van der Waals surface area (Å²) in [5, 5.41) is 0. The van der Waals surface area contributed by atoms with Crippen molar-refractivity contribution in [3.8, 4) is 0 Å². The Labute approximate surface area is 189 Å². The molecule has 1 aliphatic carbocycles. The van der Waals surface area contributed by atoms with Crippen molar-refractivity contribution in [3.05, 3.63) is 145 Å². The van der Waals surface area contributed by atoms with Gasteiger partial charge in [-0.25, -0.2) is 24.3 Å². The minimum atomic E-state index is 0. The van der Waals surface area contributed by atoms with Crippen LogP contribution in [0.25, 0.3) is 11.1 Å². The van der Waals surface area contributed by atoms with Crippen LogP contribution in [0.2, 0.25) is 0 Å². The van der Waals surface area contributed by atoms with Crippen LogP contribution in [-0.4, -0.2) is 0 Å².